The average Bonchev–Trinajstić information content (AvgIpc) is 3.19. The molecule has 1 unspecified atom stereocenters. The van der Waals surface area contributed by atoms with Crippen molar-refractivity contribution in [3.8, 4) is 11.5 Å². The molecule has 1 aromatic heterocycles. The Morgan fingerprint density at radius 2 is 1.03 bits per heavy atom. The quantitative estimate of drug-likeness (QED) is 0.0666. The molecule has 1 atom stereocenters. The van der Waals surface area contributed by atoms with Gasteiger partial charge in [-0.05, 0) is 94.1 Å². The van der Waals surface area contributed by atoms with E-state index in [1.165, 1.54) is 0 Å². The zero-order valence-electron chi connectivity index (χ0n) is 32.0. The van der Waals surface area contributed by atoms with Crippen LogP contribution < -0.4 is 10.6 Å². The maximum absolute atomic E-state index is 13.0. The van der Waals surface area contributed by atoms with Crippen LogP contribution in [0, 0.1) is 0 Å². The molecule has 24 heteroatoms. The summed E-state index contributed by atoms with van der Waals surface area (Å²) in [4.78, 5) is 10.9. The van der Waals surface area contributed by atoms with Crippen LogP contribution in [0.25, 0.3) is 21.5 Å². The third kappa shape index (κ3) is 9.36. The highest BCUT2D eigenvalue weighted by Gasteiger charge is 2.25. The lowest BCUT2D eigenvalue weighted by atomic mass is 10.1. The van der Waals surface area contributed by atoms with Gasteiger partial charge < -0.3 is 25.4 Å². The third-order valence-electron chi connectivity index (χ3n) is 8.83. The van der Waals surface area contributed by atoms with Crippen molar-refractivity contribution in [1.29, 1.82) is 0 Å². The predicted molar refractivity (Wildman–Crippen MR) is 230 cm³/mol. The Kier molecular flexibility index (Phi) is 11.8. The summed E-state index contributed by atoms with van der Waals surface area (Å²) in [6.45, 7) is 0. The van der Waals surface area contributed by atoms with Gasteiger partial charge in [0.1, 0.15) is 11.4 Å². The predicted octanol–water partition coefficient (Wildman–Crippen LogP) is 8.01. The number of aromatic hydroxyl groups is 2. The number of benzene rings is 6. The monoisotopic (exact) mass is 934 g/mol. The van der Waals surface area contributed by atoms with Crippen LogP contribution in [0.15, 0.2) is 137 Å². The van der Waals surface area contributed by atoms with Gasteiger partial charge in [-0.3, -0.25) is 4.21 Å². The van der Waals surface area contributed by atoms with Crippen molar-refractivity contribution >= 4 is 120 Å². The van der Waals surface area contributed by atoms with Gasteiger partial charge in [-0.2, -0.15) is 25.2 Å². The molecule has 1 heterocycles. The molecule has 318 valence electrons. The number of phenolic OH excluding ortho intramolecular Hbond substituents is 2. The lowest BCUT2D eigenvalue weighted by Crippen LogP contribution is -2.07. The molecule has 0 aliphatic carbocycles. The van der Waals surface area contributed by atoms with E-state index in [1.807, 2.05) is 0 Å². The second kappa shape index (κ2) is 16.8. The van der Waals surface area contributed by atoms with Crippen molar-refractivity contribution in [3.05, 3.63) is 102 Å². The SMILES string of the molecule is CS(=O)(=O)c1cc(Nc2nc(Cl)nc(Nc3cc(S(C)(=O)=O)cc4cc(S(C)(=O)=O)c(N=Nc5ccccc5)c(O)c34)n2)c2c(O)c(N=Nc3ccccc3)c(S(=O)[O-])cc2c1. The molecule has 0 amide bonds. The molecule has 0 saturated heterocycles. The van der Waals surface area contributed by atoms with Crippen LogP contribution in [-0.2, 0) is 40.6 Å². The molecule has 4 N–H and O–H groups in total. The molecule has 6 aromatic carbocycles. The van der Waals surface area contributed by atoms with Crippen LogP contribution in [0.5, 0.6) is 11.5 Å². The van der Waals surface area contributed by atoms with Gasteiger partial charge >= 0.3 is 0 Å². The zero-order valence-corrected chi connectivity index (χ0v) is 36.1. The highest BCUT2D eigenvalue weighted by atomic mass is 35.5. The first-order valence-corrected chi connectivity index (χ1v) is 24.6. The molecule has 0 spiro atoms. The summed E-state index contributed by atoms with van der Waals surface area (Å²) < 4.78 is 102. The molecule has 0 aliphatic rings. The smallest absolute Gasteiger partial charge is 0.233 e. The maximum atomic E-state index is 13.0. The Labute approximate surface area is 360 Å². The fourth-order valence-electron chi connectivity index (χ4n) is 6.06. The molecule has 0 bridgehead atoms. The van der Waals surface area contributed by atoms with E-state index in [-0.39, 0.29) is 54.6 Å². The van der Waals surface area contributed by atoms with Gasteiger partial charge in [0.05, 0.1) is 42.3 Å². The number of aromatic nitrogens is 3. The van der Waals surface area contributed by atoms with Gasteiger partial charge in [0.2, 0.25) is 17.2 Å². The first kappa shape index (κ1) is 43.6. The molecule has 19 nitrogen and oxygen atoms in total. The van der Waals surface area contributed by atoms with Crippen LogP contribution in [0.4, 0.5) is 46.0 Å². The average molecular weight is 935 g/mol. The Morgan fingerprint density at radius 1 is 0.597 bits per heavy atom. The lowest BCUT2D eigenvalue weighted by molar-refractivity contribution is 0.480. The Morgan fingerprint density at radius 3 is 1.47 bits per heavy atom. The number of azo groups is 2. The molecule has 0 radical (unpaired) electrons. The topological polar surface area (TPSA) is 295 Å². The maximum Gasteiger partial charge on any atom is 0.233 e. The van der Waals surface area contributed by atoms with E-state index in [2.05, 4.69) is 46.0 Å². The summed E-state index contributed by atoms with van der Waals surface area (Å²) in [7, 11) is -12.1. The van der Waals surface area contributed by atoms with Crippen molar-refractivity contribution in [2.75, 3.05) is 29.4 Å². The Balaban J connectivity index is 1.39. The first-order valence-electron chi connectivity index (χ1n) is 17.4. The highest BCUT2D eigenvalue weighted by molar-refractivity contribution is 7.91. The van der Waals surface area contributed by atoms with Gasteiger partial charge in [0, 0.05) is 29.5 Å². The van der Waals surface area contributed by atoms with E-state index in [0.717, 1.165) is 55.2 Å². The minimum atomic E-state index is -4.11. The number of sulfone groups is 3. The molecule has 0 aliphatic heterocycles. The minimum absolute atomic E-state index is 0.0522. The molecule has 7 aromatic rings. The zero-order chi connectivity index (χ0) is 44.7. The molecule has 62 heavy (non-hydrogen) atoms. The summed E-state index contributed by atoms with van der Waals surface area (Å²) in [5.74, 6) is -2.18. The van der Waals surface area contributed by atoms with E-state index in [1.54, 1.807) is 60.7 Å². The van der Waals surface area contributed by atoms with Crippen molar-refractivity contribution < 1.29 is 44.2 Å². The Bertz CT molecular complexity index is 3400. The van der Waals surface area contributed by atoms with Crippen LogP contribution in [-0.4, -0.2) is 77.9 Å². The molecular weight excluding hydrogens is 906 g/mol. The fourth-order valence-corrected chi connectivity index (χ4v) is 8.91. The lowest BCUT2D eigenvalue weighted by Gasteiger charge is -2.17. The van der Waals surface area contributed by atoms with E-state index in [4.69, 9.17) is 11.6 Å². The van der Waals surface area contributed by atoms with Gasteiger partial charge in [-0.15, -0.1) is 10.2 Å². The largest absolute Gasteiger partial charge is 0.768 e. The second-order valence-corrected chi connectivity index (χ2v) is 20.7. The minimum Gasteiger partial charge on any atom is -0.768 e. The fraction of sp³-hybridized carbons (Fsp3) is 0.0789. The van der Waals surface area contributed by atoms with E-state index in [0.29, 0.717) is 11.4 Å². The van der Waals surface area contributed by atoms with E-state index >= 15 is 0 Å². The van der Waals surface area contributed by atoms with Crippen LogP contribution in [0.1, 0.15) is 0 Å². The van der Waals surface area contributed by atoms with E-state index < -0.39 is 78.5 Å². The Hall–Kier alpha value is -6.50. The number of nitrogens with one attached hydrogen (secondary N) is 2. The van der Waals surface area contributed by atoms with Gasteiger partial charge in [0.15, 0.2) is 41.0 Å². The summed E-state index contributed by atoms with van der Waals surface area (Å²) >= 11 is 3.35. The summed E-state index contributed by atoms with van der Waals surface area (Å²) in [6, 6.07) is 23.3. The number of rotatable bonds is 12. The number of anilines is 4. The molecule has 0 saturated carbocycles. The standard InChI is InChI=1S/C38H30ClN9O10S4/c1-60(53,54)24-14-20-16-28(59(51)52)32(47-45-22-10-6-4-7-11-22)34(49)30(20)26(18-24)40-37-42-36(39)43-38(44-37)41-27-19-25(61(2,55)56)15-21-17-29(62(3,57)58)33(35(50)31(21)27)48-46-23-12-8-5-9-13-23/h4-19,49-50H,1-3H3,(H,51,52)(H2,40,41,42,43,44)/p-1. The first-order chi connectivity index (χ1) is 29.2. The number of hydrogen-bond donors (Lipinski definition) is 4. The van der Waals surface area contributed by atoms with Crippen LogP contribution in [0.3, 0.4) is 0 Å². The number of phenols is 2. The van der Waals surface area contributed by atoms with Crippen molar-refractivity contribution in [2.24, 2.45) is 20.5 Å². The van der Waals surface area contributed by atoms with Crippen molar-refractivity contribution in [3.63, 3.8) is 0 Å². The second-order valence-electron chi connectivity index (χ2n) is 13.4. The molecule has 7 rings (SSSR count). The summed E-state index contributed by atoms with van der Waals surface area (Å²) in [5.41, 5.74) is -0.615. The van der Waals surface area contributed by atoms with Crippen LogP contribution in [0.2, 0.25) is 5.28 Å². The highest BCUT2D eigenvalue weighted by Crippen LogP contribution is 2.47. The van der Waals surface area contributed by atoms with Crippen LogP contribution >= 0.6 is 11.6 Å². The molecule has 0 fully saturated rings. The molecular formula is C38H29ClN9O10S4-. The van der Waals surface area contributed by atoms with Gasteiger partial charge in [0.25, 0.3) is 0 Å². The number of halogens is 1. The van der Waals surface area contributed by atoms with Crippen molar-refractivity contribution in [2.45, 2.75) is 19.6 Å². The van der Waals surface area contributed by atoms with Gasteiger partial charge in [-0.25, -0.2) is 25.3 Å². The van der Waals surface area contributed by atoms with Gasteiger partial charge in [-0.1, -0.05) is 36.4 Å². The number of hydrogen-bond acceptors (Lipinski definition) is 19. The third-order valence-corrected chi connectivity index (χ3v) is 13.0. The number of fused-ring (bicyclic) bond motifs is 2. The summed E-state index contributed by atoms with van der Waals surface area (Å²) in [5, 5.41) is 44.2. The normalized spacial score (nSPS) is 13.0. The summed E-state index contributed by atoms with van der Waals surface area (Å²) in [6.07, 6.45) is 2.70. The van der Waals surface area contributed by atoms with Crippen molar-refractivity contribution in [1.82, 2.24) is 15.0 Å². The number of nitrogens with zero attached hydrogens (tertiary/aromatic N) is 7. The van der Waals surface area contributed by atoms with E-state index in [9.17, 15) is 44.2 Å².